The van der Waals surface area contributed by atoms with Crippen LogP contribution in [0.3, 0.4) is 0 Å². The highest BCUT2D eigenvalue weighted by Gasteiger charge is 2.46. The van der Waals surface area contributed by atoms with E-state index in [4.69, 9.17) is 0 Å². The molecule has 0 unspecified atom stereocenters. The lowest BCUT2D eigenvalue weighted by molar-refractivity contribution is -0.159. The third kappa shape index (κ3) is 2.43. The standard InChI is InChI=1S/C7H10Br2O4/c1-3-7(4-2,5(10)12-8)6(11)13-9/h3-4H2,1-2H3. The second-order valence-corrected chi connectivity index (χ2v) is 3.17. The minimum Gasteiger partial charge on any atom is -0.383 e. The molecule has 0 aliphatic carbocycles. The maximum absolute atomic E-state index is 11.3. The smallest absolute Gasteiger partial charge is 0.334 e. The van der Waals surface area contributed by atoms with Crippen LogP contribution in [-0.2, 0) is 17.2 Å². The first-order valence-electron chi connectivity index (χ1n) is 3.75. The van der Waals surface area contributed by atoms with Gasteiger partial charge in [0, 0.05) is 0 Å². The fourth-order valence-electron chi connectivity index (χ4n) is 1.06. The molecule has 0 aromatic rings. The zero-order valence-corrected chi connectivity index (χ0v) is 10.5. The van der Waals surface area contributed by atoms with Gasteiger partial charge in [-0.25, -0.2) is 9.59 Å². The van der Waals surface area contributed by atoms with Gasteiger partial charge in [0.2, 0.25) is 0 Å². The minimum absolute atomic E-state index is 0.332. The molecule has 0 aromatic heterocycles. The summed E-state index contributed by atoms with van der Waals surface area (Å²) in [6.07, 6.45) is 0.663. The first-order valence-corrected chi connectivity index (χ1v) is 5.04. The Labute approximate surface area is 93.9 Å². The van der Waals surface area contributed by atoms with Crippen molar-refractivity contribution in [3.63, 3.8) is 0 Å². The Kier molecular flexibility index (Phi) is 5.55. The molecule has 0 fully saturated rings. The summed E-state index contributed by atoms with van der Waals surface area (Å²) >= 11 is 5.11. The fraction of sp³-hybridized carbons (Fsp3) is 0.714. The van der Waals surface area contributed by atoms with E-state index in [1.54, 1.807) is 13.8 Å². The van der Waals surface area contributed by atoms with Crippen molar-refractivity contribution in [1.29, 1.82) is 0 Å². The molecule has 0 radical (unpaired) electrons. The summed E-state index contributed by atoms with van der Waals surface area (Å²) in [5, 5.41) is 0. The fourth-order valence-corrected chi connectivity index (χ4v) is 1.68. The van der Waals surface area contributed by atoms with E-state index in [0.717, 1.165) is 0 Å². The molecule has 0 heterocycles. The number of rotatable bonds is 4. The third-order valence-electron chi connectivity index (χ3n) is 2.13. The van der Waals surface area contributed by atoms with Crippen molar-refractivity contribution in [3.05, 3.63) is 0 Å². The average molecular weight is 318 g/mol. The molecule has 0 N–H and O–H groups in total. The molecule has 0 atom stereocenters. The highest BCUT2D eigenvalue weighted by molar-refractivity contribution is 9.06. The third-order valence-corrected chi connectivity index (χ3v) is 2.72. The van der Waals surface area contributed by atoms with Gasteiger partial charge < -0.3 is 7.66 Å². The molecule has 0 bridgehead atoms. The molecular formula is C7H10Br2O4. The predicted molar refractivity (Wildman–Crippen MR) is 53.1 cm³/mol. The molecule has 0 aliphatic heterocycles. The summed E-state index contributed by atoms with van der Waals surface area (Å²) in [5.41, 5.74) is -1.22. The Morgan fingerprint density at radius 2 is 1.38 bits per heavy atom. The topological polar surface area (TPSA) is 52.6 Å². The van der Waals surface area contributed by atoms with E-state index < -0.39 is 17.4 Å². The van der Waals surface area contributed by atoms with Gasteiger partial charge in [-0.05, 0) is 12.8 Å². The Balaban J connectivity index is 4.90. The molecule has 0 amide bonds. The minimum atomic E-state index is -1.22. The maximum Gasteiger partial charge on any atom is 0.334 e. The van der Waals surface area contributed by atoms with Gasteiger partial charge in [-0.3, -0.25) is 0 Å². The number of carbonyl (C=O) groups excluding carboxylic acids is 2. The van der Waals surface area contributed by atoms with Crippen LogP contribution in [0.25, 0.3) is 0 Å². The van der Waals surface area contributed by atoms with Crippen molar-refractivity contribution < 1.29 is 17.2 Å². The molecule has 0 rings (SSSR count). The summed E-state index contributed by atoms with van der Waals surface area (Å²) in [7, 11) is 0. The predicted octanol–water partition coefficient (Wildman–Crippen LogP) is 2.50. The van der Waals surface area contributed by atoms with Crippen LogP contribution in [0.5, 0.6) is 0 Å². The Hall–Kier alpha value is -0.100. The summed E-state index contributed by atoms with van der Waals surface area (Å²) in [6, 6.07) is 0. The van der Waals surface area contributed by atoms with Gasteiger partial charge in [-0.2, -0.15) is 0 Å². The Bertz CT molecular complexity index is 183. The Morgan fingerprint density at radius 1 is 1.08 bits per heavy atom. The van der Waals surface area contributed by atoms with Crippen molar-refractivity contribution in [3.8, 4) is 0 Å². The van der Waals surface area contributed by atoms with Crippen molar-refractivity contribution in [2.45, 2.75) is 26.7 Å². The lowest BCUT2D eigenvalue weighted by Gasteiger charge is -2.23. The lowest BCUT2D eigenvalue weighted by atomic mass is 9.83. The average Bonchev–Trinajstić information content (AvgIpc) is 2.19. The highest BCUT2D eigenvalue weighted by atomic mass is 79.9. The number of halogens is 2. The molecule has 76 valence electrons. The van der Waals surface area contributed by atoms with Crippen molar-refractivity contribution in [2.24, 2.45) is 5.41 Å². The molecule has 0 aliphatic rings. The molecule has 0 spiro atoms. The Morgan fingerprint density at radius 3 is 1.54 bits per heavy atom. The monoisotopic (exact) mass is 316 g/mol. The van der Waals surface area contributed by atoms with Gasteiger partial charge in [0.1, 0.15) is 0 Å². The number of hydrogen-bond acceptors (Lipinski definition) is 4. The molecule has 0 saturated carbocycles. The first-order chi connectivity index (χ1) is 6.08. The zero-order valence-electron chi connectivity index (χ0n) is 7.30. The second-order valence-electron chi connectivity index (χ2n) is 2.52. The number of carbonyl (C=O) groups is 2. The van der Waals surface area contributed by atoms with Crippen LogP contribution in [0.4, 0.5) is 0 Å². The van der Waals surface area contributed by atoms with E-state index in [0.29, 0.717) is 12.8 Å². The molecule has 0 aromatic carbocycles. The van der Waals surface area contributed by atoms with E-state index in [-0.39, 0.29) is 0 Å². The number of hydrogen-bond donors (Lipinski definition) is 0. The van der Waals surface area contributed by atoms with Gasteiger partial charge in [-0.15, -0.1) is 0 Å². The molecule has 6 heteroatoms. The molecule has 13 heavy (non-hydrogen) atoms. The van der Waals surface area contributed by atoms with E-state index in [1.807, 2.05) is 0 Å². The van der Waals surface area contributed by atoms with Crippen LogP contribution in [0.1, 0.15) is 26.7 Å². The highest BCUT2D eigenvalue weighted by Crippen LogP contribution is 2.31. The second kappa shape index (κ2) is 5.59. The van der Waals surface area contributed by atoms with Crippen LogP contribution >= 0.6 is 32.5 Å². The SMILES string of the molecule is CCC(CC)(C(=O)OBr)C(=O)OBr. The lowest BCUT2D eigenvalue weighted by Crippen LogP contribution is -2.38. The van der Waals surface area contributed by atoms with Crippen LogP contribution in [0.15, 0.2) is 0 Å². The summed E-state index contributed by atoms with van der Waals surface area (Å²) in [6.45, 7) is 3.44. The maximum atomic E-state index is 11.3. The summed E-state index contributed by atoms with van der Waals surface area (Å²) in [5.74, 6) is -1.27. The summed E-state index contributed by atoms with van der Waals surface area (Å²) < 4.78 is 8.74. The van der Waals surface area contributed by atoms with Gasteiger partial charge in [-0.1, -0.05) is 13.8 Å². The van der Waals surface area contributed by atoms with E-state index in [2.05, 4.69) is 40.2 Å². The van der Waals surface area contributed by atoms with Crippen molar-refractivity contribution >= 4 is 44.5 Å². The largest absolute Gasteiger partial charge is 0.383 e. The van der Waals surface area contributed by atoms with Gasteiger partial charge in [0.25, 0.3) is 0 Å². The first kappa shape index (κ1) is 12.9. The van der Waals surface area contributed by atoms with E-state index >= 15 is 0 Å². The van der Waals surface area contributed by atoms with E-state index in [1.165, 1.54) is 0 Å². The van der Waals surface area contributed by atoms with Crippen LogP contribution in [-0.4, -0.2) is 11.9 Å². The zero-order chi connectivity index (χ0) is 10.5. The van der Waals surface area contributed by atoms with Crippen molar-refractivity contribution in [2.75, 3.05) is 0 Å². The van der Waals surface area contributed by atoms with Crippen molar-refractivity contribution in [1.82, 2.24) is 0 Å². The van der Waals surface area contributed by atoms with Crippen LogP contribution in [0.2, 0.25) is 0 Å². The molecule has 0 saturated heterocycles. The molecular weight excluding hydrogens is 308 g/mol. The normalized spacial score (nSPS) is 10.8. The summed E-state index contributed by atoms with van der Waals surface area (Å²) in [4.78, 5) is 22.6. The quantitative estimate of drug-likeness (QED) is 0.748. The van der Waals surface area contributed by atoms with Crippen LogP contribution < -0.4 is 0 Å². The van der Waals surface area contributed by atoms with Gasteiger partial charge in [0.05, 0.1) is 0 Å². The molecule has 4 nitrogen and oxygen atoms in total. The van der Waals surface area contributed by atoms with Crippen LogP contribution in [0, 0.1) is 5.41 Å². The van der Waals surface area contributed by atoms with Gasteiger partial charge in [0.15, 0.2) is 37.9 Å². The van der Waals surface area contributed by atoms with E-state index in [9.17, 15) is 9.59 Å². The van der Waals surface area contributed by atoms with Gasteiger partial charge >= 0.3 is 11.9 Å².